The molecule has 1 unspecified atom stereocenters. The fourth-order valence-corrected chi connectivity index (χ4v) is 11.9. The van der Waals surface area contributed by atoms with Crippen molar-refractivity contribution in [3.05, 3.63) is 122 Å². The number of anilines is 3. The van der Waals surface area contributed by atoms with Crippen molar-refractivity contribution in [3.63, 3.8) is 0 Å². The van der Waals surface area contributed by atoms with E-state index < -0.39 is 0 Å². The summed E-state index contributed by atoms with van der Waals surface area (Å²) in [5, 5.41) is 27.9. The average Bonchev–Trinajstić information content (AvgIpc) is 1.75. The second-order valence-corrected chi connectivity index (χ2v) is 31.7. The molecule has 1 aliphatic heterocycles. The third-order valence-electron chi connectivity index (χ3n) is 15.6. The van der Waals surface area contributed by atoms with Gasteiger partial charge in [0.15, 0.2) is 17.9 Å². The Labute approximate surface area is 661 Å². The van der Waals surface area contributed by atoms with Gasteiger partial charge < -0.3 is 64.5 Å². The first kappa shape index (κ1) is 88.4. The van der Waals surface area contributed by atoms with E-state index in [1.165, 1.54) is 12.6 Å². The van der Waals surface area contributed by atoms with Gasteiger partial charge in [-0.3, -0.25) is 14.4 Å². The van der Waals surface area contributed by atoms with E-state index in [1.54, 1.807) is 42.9 Å². The lowest BCUT2D eigenvalue weighted by Crippen LogP contribution is -2.45. The summed E-state index contributed by atoms with van der Waals surface area (Å²) in [6.07, 6.45) is 20.4. The van der Waals surface area contributed by atoms with Crippen molar-refractivity contribution in [3.8, 4) is 46.0 Å². The number of hydrogen-bond acceptors (Lipinski definition) is 23. The molecule has 30 heteroatoms. The molecule has 7 aromatic heterocycles. The van der Waals surface area contributed by atoms with Crippen LogP contribution < -0.4 is 44.9 Å². The molecule has 0 saturated carbocycles. The molecule has 1 fully saturated rings. The van der Waals surface area contributed by atoms with Gasteiger partial charge in [0.05, 0.1) is 69.9 Å². The van der Waals surface area contributed by atoms with Gasteiger partial charge in [-0.1, -0.05) is 29.8 Å². The zero-order valence-electron chi connectivity index (χ0n) is 64.5. The van der Waals surface area contributed by atoms with E-state index in [0.29, 0.717) is 47.7 Å². The molecule has 0 aromatic carbocycles. The number of aliphatic hydroxyl groups is 1. The summed E-state index contributed by atoms with van der Waals surface area (Å²) in [4.78, 5) is 86.9. The Bertz CT molecular complexity index is 3860. The Balaban J connectivity index is 0.000000223. The molecule has 11 rings (SSSR count). The Morgan fingerprint density at radius 1 is 0.523 bits per heavy atom. The summed E-state index contributed by atoms with van der Waals surface area (Å²) in [5.41, 5.74) is 6.97. The van der Waals surface area contributed by atoms with Gasteiger partial charge in [-0.2, -0.15) is 0 Å². The van der Waals surface area contributed by atoms with Crippen LogP contribution in [0.5, 0.6) is 23.0 Å². The molecule has 0 bridgehead atoms. The Morgan fingerprint density at radius 3 is 1.30 bits per heavy atom. The number of likely N-dealkylation sites (N-methyl/N-ethyl adjacent to an activating group) is 3. The van der Waals surface area contributed by atoms with Gasteiger partial charge in [-0.25, -0.2) is 49.8 Å². The number of aromatic nitrogens is 10. The monoisotopic (exact) mass is 1690 g/mol. The molecule has 1 saturated heterocycles. The SMILES string of the molecule is CCCBr.CCCOc1ccc(Br)nc1.CN(CC(=O)NC(C)(C)C)c1nc(-c2ccc(OCCO)cn2)nc2c1CCC2.CN(CC(=O)NC(C)(C)C)c1nc(-c2ccc(OCCOC3CCCCO3)cn2)nc2c1CCC2.CN(CC(=O)NC(C)(C)C)c1nc(Cl)nc2c1CCC2.Oc1ccc(Br)nc1. The zero-order chi connectivity index (χ0) is 78.3. The number of pyridine rings is 4. The molecule has 26 nitrogen and oxygen atoms in total. The standard InChI is InChI=1S/C26H37N5O4.C21H29N5O3.C14H21ClN4O.C8H10BrNO.C5H4BrNO.C3H7Br/c1-26(2,3)30-22(32)17-31(4)25-19-8-7-9-20(19)28-24(29-25)21-12-11-18(16-27-21)33-14-15-35-23-10-5-6-13-34-23;1-21(2,3)25-18(28)13-26(4)20-15-6-5-7-16(15)23-19(24-20)17-9-8-14(12-22-17)29-11-10-27;1-14(2,3)18-11(20)8-19(4)12-9-6-5-7-10(9)16-13(15)17-12;1-2-5-11-7-3-4-8(9)10-6-7;6-5-2-1-4(8)3-7-5;1-2-3-4/h11-12,16,23H,5-10,13-15,17H2,1-4H3,(H,30,32);8-9,12,27H,5-7,10-11,13H2,1-4H3,(H,25,28);5-8H2,1-4H3,(H,18,20);3-4,6H,2,5H2,1H3;1-3,8H;2-3H2,1H3. The number of ether oxygens (including phenoxy) is 5. The second-order valence-electron chi connectivity index (χ2n) is 28.9. The van der Waals surface area contributed by atoms with Gasteiger partial charge >= 0.3 is 0 Å². The lowest BCUT2D eigenvalue weighted by molar-refractivity contribution is -0.165. The van der Waals surface area contributed by atoms with Crippen molar-refractivity contribution in [1.82, 2.24) is 65.8 Å². The highest BCUT2D eigenvalue weighted by molar-refractivity contribution is 9.10. The number of carbonyl (C=O) groups is 3. The van der Waals surface area contributed by atoms with E-state index in [0.717, 1.165) is 168 Å². The van der Waals surface area contributed by atoms with Crippen LogP contribution in [0, 0.1) is 0 Å². The second kappa shape index (κ2) is 44.2. The summed E-state index contributed by atoms with van der Waals surface area (Å²) in [5.74, 6) is 5.63. The third-order valence-corrected chi connectivity index (χ3v) is 17.5. The average molecular weight is 1690 g/mol. The maximum atomic E-state index is 12.5. The highest BCUT2D eigenvalue weighted by atomic mass is 79.9. The summed E-state index contributed by atoms with van der Waals surface area (Å²) < 4.78 is 29.3. The number of aromatic hydroxyl groups is 1. The summed E-state index contributed by atoms with van der Waals surface area (Å²) in [6, 6.07) is 14.3. The molecule has 5 N–H and O–H groups in total. The Morgan fingerprint density at radius 2 is 0.935 bits per heavy atom. The van der Waals surface area contributed by atoms with Crippen molar-refractivity contribution >= 4 is 94.6 Å². The minimum atomic E-state index is -0.278. The number of amides is 3. The maximum Gasteiger partial charge on any atom is 0.239 e. The van der Waals surface area contributed by atoms with Gasteiger partial charge in [-0.05, 0) is 244 Å². The van der Waals surface area contributed by atoms with Crippen LogP contribution in [0.4, 0.5) is 17.5 Å². The quantitative estimate of drug-likeness (QED) is 0.0172. The smallest absolute Gasteiger partial charge is 0.239 e. The van der Waals surface area contributed by atoms with Crippen molar-refractivity contribution in [2.75, 3.05) is 100 Å². The number of rotatable bonds is 23. The van der Waals surface area contributed by atoms with Crippen LogP contribution in [0.15, 0.2) is 82.5 Å². The number of carbonyl (C=O) groups excluding carboxylic acids is 3. The zero-order valence-corrected chi connectivity index (χ0v) is 70.0. The molecule has 107 heavy (non-hydrogen) atoms. The number of aliphatic hydroxyl groups excluding tert-OH is 1. The summed E-state index contributed by atoms with van der Waals surface area (Å²) in [6.45, 7) is 25.2. The topological polar surface area (TPSA) is 313 Å². The summed E-state index contributed by atoms with van der Waals surface area (Å²) >= 11 is 15.6. The van der Waals surface area contributed by atoms with Crippen molar-refractivity contribution in [2.24, 2.45) is 0 Å². The number of nitrogens with zero attached hydrogens (tertiary/aromatic N) is 13. The van der Waals surface area contributed by atoms with Crippen molar-refractivity contribution < 1.29 is 48.3 Å². The van der Waals surface area contributed by atoms with Gasteiger partial charge in [0.2, 0.25) is 23.0 Å². The molecule has 0 spiro atoms. The van der Waals surface area contributed by atoms with E-state index >= 15 is 0 Å². The van der Waals surface area contributed by atoms with E-state index in [9.17, 15) is 14.4 Å². The fraction of sp³-hybridized carbons (Fsp3) is 0.545. The van der Waals surface area contributed by atoms with Gasteiger partial charge in [0, 0.05) is 77.8 Å². The van der Waals surface area contributed by atoms with Crippen molar-refractivity contribution in [1.29, 1.82) is 0 Å². The van der Waals surface area contributed by atoms with Crippen LogP contribution in [-0.4, -0.2) is 186 Å². The van der Waals surface area contributed by atoms with E-state index in [1.807, 2.05) is 122 Å². The molecule has 4 aliphatic rings. The van der Waals surface area contributed by atoms with Crippen LogP contribution in [-0.2, 0) is 62.4 Å². The first-order valence-corrected chi connectivity index (χ1v) is 39.5. The number of alkyl halides is 1. The number of hydrogen-bond donors (Lipinski definition) is 5. The van der Waals surface area contributed by atoms with Crippen LogP contribution in [0.3, 0.4) is 0 Å². The lowest BCUT2D eigenvalue weighted by atomic mass is 10.1. The highest BCUT2D eigenvalue weighted by Gasteiger charge is 2.28. The van der Waals surface area contributed by atoms with Crippen LogP contribution in [0.25, 0.3) is 23.0 Å². The summed E-state index contributed by atoms with van der Waals surface area (Å²) in [7, 11) is 5.64. The molecule has 1 atom stereocenters. The van der Waals surface area contributed by atoms with Crippen LogP contribution in [0.2, 0.25) is 5.28 Å². The molecule has 7 aromatic rings. The highest BCUT2D eigenvalue weighted by Crippen LogP contribution is 2.34. The largest absolute Gasteiger partial charge is 0.506 e. The first-order valence-electron chi connectivity index (χ1n) is 36.4. The minimum absolute atomic E-state index is 0.0264. The van der Waals surface area contributed by atoms with Crippen LogP contribution in [0.1, 0.15) is 161 Å². The molecule has 8 heterocycles. The Hall–Kier alpha value is -7.54. The normalized spacial score (nSPS) is 13.9. The van der Waals surface area contributed by atoms with E-state index in [-0.39, 0.29) is 84.5 Å². The van der Waals surface area contributed by atoms with E-state index in [4.69, 9.17) is 65.4 Å². The molecule has 3 aliphatic carbocycles. The minimum Gasteiger partial charge on any atom is -0.506 e. The van der Waals surface area contributed by atoms with Gasteiger partial charge in [0.25, 0.3) is 0 Å². The molecule has 0 radical (unpaired) electrons. The lowest BCUT2D eigenvalue weighted by Gasteiger charge is -2.25. The number of halogens is 4. The number of fused-ring (bicyclic) bond motifs is 3. The Kier molecular flexibility index (Phi) is 36.5. The first-order chi connectivity index (χ1) is 50.8. The van der Waals surface area contributed by atoms with Crippen molar-refractivity contribution in [2.45, 2.75) is 189 Å². The van der Waals surface area contributed by atoms with Gasteiger partial charge in [0.1, 0.15) is 74.3 Å². The molecular weight excluding hydrogens is 1580 g/mol. The van der Waals surface area contributed by atoms with Gasteiger partial charge in [-0.15, -0.1) is 0 Å². The van der Waals surface area contributed by atoms with E-state index in [2.05, 4.69) is 107 Å². The molecular formula is C77H108Br3ClN16O10. The third kappa shape index (κ3) is 31.9. The predicted molar refractivity (Wildman–Crippen MR) is 430 cm³/mol. The number of nitrogens with one attached hydrogen (secondary N) is 3. The maximum absolute atomic E-state index is 12.5. The molecule has 3 amide bonds. The molecule has 584 valence electrons. The van der Waals surface area contributed by atoms with Crippen LogP contribution >= 0.6 is 59.4 Å². The fourth-order valence-electron chi connectivity index (χ4n) is 11.2. The number of aryl methyl sites for hydroxylation is 3. The predicted octanol–water partition coefficient (Wildman–Crippen LogP) is 13.0.